The van der Waals surface area contributed by atoms with Crippen molar-refractivity contribution >= 4 is 10.0 Å². The van der Waals surface area contributed by atoms with Crippen molar-refractivity contribution < 1.29 is 8.42 Å². The molecule has 2 rings (SSSR count). The van der Waals surface area contributed by atoms with Crippen LogP contribution in [0.3, 0.4) is 0 Å². The van der Waals surface area contributed by atoms with Gasteiger partial charge in [-0.25, -0.2) is 13.1 Å². The minimum absolute atomic E-state index is 0.0225. The van der Waals surface area contributed by atoms with E-state index < -0.39 is 10.0 Å². The molecule has 21 heavy (non-hydrogen) atoms. The molecule has 1 saturated carbocycles. The number of benzene rings is 1. The van der Waals surface area contributed by atoms with Crippen molar-refractivity contribution in [1.29, 1.82) is 0 Å². The van der Waals surface area contributed by atoms with Gasteiger partial charge < -0.3 is 5.73 Å². The second-order valence-corrected chi connectivity index (χ2v) is 7.90. The van der Waals surface area contributed by atoms with E-state index in [2.05, 4.69) is 4.72 Å². The molecule has 2 atom stereocenters. The lowest BCUT2D eigenvalue weighted by molar-refractivity contribution is 0.405. The van der Waals surface area contributed by atoms with E-state index in [1.807, 2.05) is 37.3 Å². The molecule has 1 fully saturated rings. The van der Waals surface area contributed by atoms with Crippen LogP contribution in [0.25, 0.3) is 0 Å². The van der Waals surface area contributed by atoms with Crippen molar-refractivity contribution in [1.82, 2.24) is 4.72 Å². The highest BCUT2D eigenvalue weighted by Crippen LogP contribution is 2.28. The maximum atomic E-state index is 12.4. The summed E-state index contributed by atoms with van der Waals surface area (Å²) < 4.78 is 27.6. The molecule has 1 aromatic carbocycles. The first-order chi connectivity index (χ1) is 10.0. The molecule has 0 amide bonds. The molecule has 1 aliphatic carbocycles. The zero-order valence-corrected chi connectivity index (χ0v) is 13.5. The Kier molecular flexibility index (Phi) is 5.79. The average Bonchev–Trinajstić information content (AvgIpc) is 2.99. The Morgan fingerprint density at radius 1 is 1.24 bits per heavy atom. The second kappa shape index (κ2) is 7.38. The molecule has 4 nitrogen and oxygen atoms in total. The summed E-state index contributed by atoms with van der Waals surface area (Å²) in [5.41, 5.74) is 6.82. The molecule has 118 valence electrons. The summed E-state index contributed by atoms with van der Waals surface area (Å²) >= 11 is 0. The Morgan fingerprint density at radius 3 is 2.43 bits per heavy atom. The van der Waals surface area contributed by atoms with Crippen LogP contribution in [0.15, 0.2) is 30.3 Å². The van der Waals surface area contributed by atoms with Gasteiger partial charge >= 0.3 is 0 Å². The maximum Gasteiger partial charge on any atom is 0.212 e. The molecule has 0 bridgehead atoms. The molecule has 0 heterocycles. The third-order valence-electron chi connectivity index (χ3n) is 4.39. The molecule has 0 aliphatic heterocycles. The number of hydrogen-bond acceptors (Lipinski definition) is 3. The predicted octanol–water partition coefficient (Wildman–Crippen LogP) is 2.23. The van der Waals surface area contributed by atoms with Gasteiger partial charge in [0.1, 0.15) is 0 Å². The van der Waals surface area contributed by atoms with Gasteiger partial charge in [0.2, 0.25) is 10.0 Å². The van der Waals surface area contributed by atoms with E-state index in [9.17, 15) is 8.42 Å². The topological polar surface area (TPSA) is 72.2 Å². The van der Waals surface area contributed by atoms with E-state index in [-0.39, 0.29) is 17.7 Å². The summed E-state index contributed by atoms with van der Waals surface area (Å²) in [6.07, 6.45) is 4.53. The van der Waals surface area contributed by atoms with Crippen LogP contribution in [0.5, 0.6) is 0 Å². The van der Waals surface area contributed by atoms with Crippen molar-refractivity contribution in [2.24, 2.45) is 11.7 Å². The second-order valence-electron chi connectivity index (χ2n) is 6.10. The fourth-order valence-electron chi connectivity index (χ4n) is 3.18. The van der Waals surface area contributed by atoms with E-state index in [0.29, 0.717) is 12.5 Å². The van der Waals surface area contributed by atoms with E-state index in [0.717, 1.165) is 18.4 Å². The van der Waals surface area contributed by atoms with Gasteiger partial charge in [0.25, 0.3) is 0 Å². The number of nitrogens with one attached hydrogen (secondary N) is 1. The summed E-state index contributed by atoms with van der Waals surface area (Å²) in [6.45, 7) is 2.32. The van der Waals surface area contributed by atoms with Gasteiger partial charge in [-0.05, 0) is 30.2 Å². The lowest BCUT2D eigenvalue weighted by Gasteiger charge is -2.24. The highest BCUT2D eigenvalue weighted by molar-refractivity contribution is 7.89. The largest absolute Gasteiger partial charge is 0.329 e. The first-order valence-corrected chi connectivity index (χ1v) is 9.42. The molecule has 2 unspecified atom stereocenters. The van der Waals surface area contributed by atoms with Gasteiger partial charge in [0, 0.05) is 12.6 Å². The van der Waals surface area contributed by atoms with Crippen LogP contribution in [0, 0.1) is 5.92 Å². The Balaban J connectivity index is 1.97. The molecular formula is C16H26N2O2S. The van der Waals surface area contributed by atoms with Gasteiger partial charge in [0.15, 0.2) is 0 Å². The minimum atomic E-state index is -3.31. The van der Waals surface area contributed by atoms with E-state index >= 15 is 0 Å². The Morgan fingerprint density at radius 2 is 1.86 bits per heavy atom. The van der Waals surface area contributed by atoms with Gasteiger partial charge in [-0.3, -0.25) is 0 Å². The minimum Gasteiger partial charge on any atom is -0.329 e. The highest BCUT2D eigenvalue weighted by atomic mass is 32.2. The first kappa shape index (κ1) is 16.5. The van der Waals surface area contributed by atoms with Crippen LogP contribution in [0.2, 0.25) is 0 Å². The lowest BCUT2D eigenvalue weighted by Crippen LogP contribution is -2.45. The third-order valence-corrected chi connectivity index (χ3v) is 5.99. The van der Waals surface area contributed by atoms with Crippen LogP contribution < -0.4 is 10.5 Å². The first-order valence-electron chi connectivity index (χ1n) is 7.77. The van der Waals surface area contributed by atoms with Gasteiger partial charge in [0.05, 0.1) is 5.75 Å². The third kappa shape index (κ3) is 4.80. The summed E-state index contributed by atoms with van der Waals surface area (Å²) in [5, 5.41) is 0. The highest BCUT2D eigenvalue weighted by Gasteiger charge is 2.28. The molecule has 1 aliphatic rings. The molecule has 0 aromatic heterocycles. The Bertz CT molecular complexity index is 524. The molecule has 1 aromatic rings. The zero-order valence-electron chi connectivity index (χ0n) is 12.7. The summed E-state index contributed by atoms with van der Waals surface area (Å²) in [7, 11) is -3.31. The number of hydrogen-bond donors (Lipinski definition) is 2. The van der Waals surface area contributed by atoms with E-state index in [1.54, 1.807) is 0 Å². The van der Waals surface area contributed by atoms with Gasteiger partial charge in [-0.2, -0.15) is 0 Å². The Labute approximate surface area is 128 Å². The Hall–Kier alpha value is -0.910. The molecular weight excluding hydrogens is 284 g/mol. The summed E-state index contributed by atoms with van der Waals surface area (Å²) in [4.78, 5) is 0. The SMILES string of the molecule is CC(CS(=O)(=O)NC(CN)C1CCCC1)c1ccccc1. The monoisotopic (exact) mass is 310 g/mol. The smallest absolute Gasteiger partial charge is 0.212 e. The number of sulfonamides is 1. The number of rotatable bonds is 7. The molecule has 0 saturated heterocycles. The summed E-state index contributed by atoms with van der Waals surface area (Å²) in [5.74, 6) is 0.489. The van der Waals surface area contributed by atoms with Gasteiger partial charge in [-0.1, -0.05) is 50.1 Å². The quantitative estimate of drug-likeness (QED) is 0.811. The van der Waals surface area contributed by atoms with Crippen LogP contribution in [-0.4, -0.2) is 26.8 Å². The molecule has 0 spiro atoms. The predicted molar refractivity (Wildman–Crippen MR) is 86.6 cm³/mol. The number of nitrogens with two attached hydrogens (primary N) is 1. The van der Waals surface area contributed by atoms with Crippen molar-refractivity contribution in [3.05, 3.63) is 35.9 Å². The van der Waals surface area contributed by atoms with Gasteiger partial charge in [-0.15, -0.1) is 0 Å². The van der Waals surface area contributed by atoms with Crippen LogP contribution in [-0.2, 0) is 10.0 Å². The fourth-order valence-corrected chi connectivity index (χ4v) is 4.88. The van der Waals surface area contributed by atoms with Crippen LogP contribution in [0.4, 0.5) is 0 Å². The average molecular weight is 310 g/mol. The standard InChI is InChI=1S/C16H26N2O2S/c1-13(14-7-3-2-4-8-14)12-21(19,20)18-16(11-17)15-9-5-6-10-15/h2-4,7-8,13,15-16,18H,5-6,9-12,17H2,1H3. The maximum absolute atomic E-state index is 12.4. The molecule has 5 heteroatoms. The normalized spacial score (nSPS) is 19.5. The van der Waals surface area contributed by atoms with Crippen molar-refractivity contribution in [2.45, 2.75) is 44.6 Å². The molecule has 3 N–H and O–H groups in total. The van der Waals surface area contributed by atoms with Crippen molar-refractivity contribution in [3.63, 3.8) is 0 Å². The molecule has 0 radical (unpaired) electrons. The van der Waals surface area contributed by atoms with Crippen LogP contribution in [0.1, 0.15) is 44.1 Å². The zero-order chi connectivity index (χ0) is 15.3. The van der Waals surface area contributed by atoms with Crippen molar-refractivity contribution in [3.8, 4) is 0 Å². The summed E-state index contributed by atoms with van der Waals surface area (Å²) in [6, 6.07) is 9.64. The van der Waals surface area contributed by atoms with Crippen molar-refractivity contribution in [2.75, 3.05) is 12.3 Å². The van der Waals surface area contributed by atoms with E-state index in [4.69, 9.17) is 5.73 Å². The van der Waals surface area contributed by atoms with Crippen LogP contribution >= 0.6 is 0 Å². The fraction of sp³-hybridized carbons (Fsp3) is 0.625. The van der Waals surface area contributed by atoms with E-state index in [1.165, 1.54) is 12.8 Å². The lowest BCUT2D eigenvalue weighted by atomic mass is 9.99.